The molecular weight excluding hydrogens is 527 g/mol. The number of benzene rings is 1. The summed E-state index contributed by atoms with van der Waals surface area (Å²) in [7, 11) is 0. The van der Waals surface area contributed by atoms with Gasteiger partial charge in [0, 0.05) is 0 Å². The number of hydrogen-bond donors (Lipinski definition) is 0. The molecule has 0 unspecified atom stereocenters. The van der Waals surface area contributed by atoms with Gasteiger partial charge in [-0.15, -0.1) is 0 Å². The van der Waals surface area contributed by atoms with Crippen LogP contribution in [0.5, 0.6) is 0 Å². The number of alkyl halides is 2. The standard InChI is InChI=1S/C18H15BrIN4OS/c19-14-10-26-16-15(14)22-18(23-7-3-6-20-11-23)24(17(16)25)9-13-5-2-1-4-12(13)8-21/h1-2,4-5,10H,3,6-7,9,11H2/q-1. The monoisotopic (exact) mass is 541 g/mol. The summed E-state index contributed by atoms with van der Waals surface area (Å²) in [4.78, 5) is 20.3. The molecule has 1 fully saturated rings. The molecule has 2 aromatic heterocycles. The molecule has 0 aliphatic carbocycles. The molecule has 26 heavy (non-hydrogen) atoms. The summed E-state index contributed by atoms with van der Waals surface area (Å²) in [5.41, 5.74) is 2.16. The third kappa shape index (κ3) is 3.28. The van der Waals surface area contributed by atoms with Crippen molar-refractivity contribution in [3.05, 3.63) is 55.6 Å². The van der Waals surface area contributed by atoms with Gasteiger partial charge in [-0.2, -0.15) is 0 Å². The van der Waals surface area contributed by atoms with Gasteiger partial charge in [0.1, 0.15) is 0 Å². The summed E-state index contributed by atoms with van der Waals surface area (Å²) in [6.07, 6.45) is 1.15. The first-order chi connectivity index (χ1) is 12.7. The molecule has 1 aliphatic heterocycles. The van der Waals surface area contributed by atoms with E-state index < -0.39 is 0 Å². The molecule has 0 saturated carbocycles. The van der Waals surface area contributed by atoms with Crippen LogP contribution in [0, 0.1) is 11.3 Å². The summed E-state index contributed by atoms with van der Waals surface area (Å²) in [6.45, 7) is 1.30. The van der Waals surface area contributed by atoms with Crippen molar-refractivity contribution in [3.8, 4) is 6.07 Å². The second-order valence-electron chi connectivity index (χ2n) is 5.95. The van der Waals surface area contributed by atoms with E-state index in [4.69, 9.17) is 4.98 Å². The van der Waals surface area contributed by atoms with Crippen LogP contribution in [0.1, 0.15) is 17.5 Å². The third-order valence-electron chi connectivity index (χ3n) is 4.29. The van der Waals surface area contributed by atoms with Crippen molar-refractivity contribution < 1.29 is 21.2 Å². The Morgan fingerprint density at radius 3 is 3.00 bits per heavy atom. The minimum atomic E-state index is -0.0304. The van der Waals surface area contributed by atoms with Crippen molar-refractivity contribution in [2.45, 2.75) is 13.0 Å². The van der Waals surface area contributed by atoms with Crippen LogP contribution in [-0.4, -0.2) is 25.1 Å². The van der Waals surface area contributed by atoms with Crippen LogP contribution >= 0.6 is 27.3 Å². The average molecular weight is 542 g/mol. The van der Waals surface area contributed by atoms with E-state index in [1.165, 1.54) is 15.8 Å². The van der Waals surface area contributed by atoms with Gasteiger partial charge in [0.2, 0.25) is 0 Å². The maximum atomic E-state index is 13.2. The number of halogens is 2. The Hall–Kier alpha value is -1.44. The van der Waals surface area contributed by atoms with E-state index in [-0.39, 0.29) is 26.8 Å². The van der Waals surface area contributed by atoms with Gasteiger partial charge in [-0.25, -0.2) is 0 Å². The predicted octanol–water partition coefficient (Wildman–Crippen LogP) is 0.397. The maximum absolute atomic E-state index is 13.2. The van der Waals surface area contributed by atoms with Gasteiger partial charge in [-0.3, -0.25) is 0 Å². The number of nitriles is 1. The van der Waals surface area contributed by atoms with Crippen LogP contribution in [-0.2, 0) is 6.54 Å². The third-order valence-corrected chi connectivity index (χ3v) is 8.98. The number of fused-ring (bicyclic) bond motifs is 1. The Kier molecular flexibility index (Phi) is 5.29. The van der Waals surface area contributed by atoms with E-state index in [2.05, 4.69) is 26.9 Å². The molecule has 1 aliphatic rings. The van der Waals surface area contributed by atoms with Crippen molar-refractivity contribution in [2.75, 3.05) is 20.4 Å². The molecular formula is C18H15BrIN4OS-. The van der Waals surface area contributed by atoms with Gasteiger partial charge in [0.25, 0.3) is 0 Å². The summed E-state index contributed by atoms with van der Waals surface area (Å²) in [5.74, 6) is 0.730. The van der Waals surface area contributed by atoms with Crippen molar-refractivity contribution in [1.29, 1.82) is 5.26 Å². The molecule has 5 nitrogen and oxygen atoms in total. The minimum absolute atomic E-state index is 0.0304. The normalized spacial score (nSPS) is 14.8. The predicted molar refractivity (Wildman–Crippen MR) is 104 cm³/mol. The van der Waals surface area contributed by atoms with Gasteiger partial charge in [-0.1, -0.05) is 0 Å². The Morgan fingerprint density at radius 2 is 2.23 bits per heavy atom. The molecule has 0 radical (unpaired) electrons. The molecule has 0 amide bonds. The quantitative estimate of drug-likeness (QED) is 0.273. The van der Waals surface area contributed by atoms with E-state index in [1.54, 1.807) is 10.6 Å². The van der Waals surface area contributed by atoms with Crippen LogP contribution < -0.4 is 31.7 Å². The zero-order valence-corrected chi connectivity index (χ0v) is 18.3. The van der Waals surface area contributed by atoms with Gasteiger partial charge < -0.3 is 0 Å². The summed E-state index contributed by atoms with van der Waals surface area (Å²) in [6, 6.07) is 9.68. The zero-order chi connectivity index (χ0) is 18.1. The molecule has 0 bridgehead atoms. The molecule has 0 N–H and O–H groups in total. The Labute approximate surface area is 173 Å². The topological polar surface area (TPSA) is 61.9 Å². The second kappa shape index (κ2) is 7.66. The molecule has 1 saturated heterocycles. The number of nitrogens with zero attached hydrogens (tertiary/aromatic N) is 4. The van der Waals surface area contributed by atoms with Gasteiger partial charge >= 0.3 is 175 Å². The van der Waals surface area contributed by atoms with Crippen LogP contribution in [0.2, 0.25) is 0 Å². The van der Waals surface area contributed by atoms with E-state index in [9.17, 15) is 10.1 Å². The van der Waals surface area contributed by atoms with Gasteiger partial charge in [-0.05, 0) is 0 Å². The van der Waals surface area contributed by atoms with E-state index in [0.717, 1.165) is 39.0 Å². The van der Waals surface area contributed by atoms with Crippen molar-refractivity contribution in [2.24, 2.45) is 0 Å². The molecule has 1 aromatic carbocycles. The molecule has 3 aromatic rings. The van der Waals surface area contributed by atoms with Gasteiger partial charge in [0.15, 0.2) is 0 Å². The first kappa shape index (κ1) is 17.9. The fourth-order valence-corrected chi connectivity index (χ4v) is 6.96. The van der Waals surface area contributed by atoms with Crippen LogP contribution in [0.4, 0.5) is 5.95 Å². The molecule has 4 rings (SSSR count). The number of rotatable bonds is 3. The SMILES string of the molecule is N#Cc1ccccc1Cn1c(N2CCC[I-]C2)nc2c(Br)csc2c1=O. The molecule has 0 atom stereocenters. The summed E-state index contributed by atoms with van der Waals surface area (Å²) >= 11 is 5.05. The average Bonchev–Trinajstić information content (AvgIpc) is 3.06. The Balaban J connectivity index is 1.90. The summed E-state index contributed by atoms with van der Waals surface area (Å²) in [5, 5.41) is 11.3. The van der Waals surface area contributed by atoms with Crippen molar-refractivity contribution >= 4 is 43.4 Å². The number of thiophene rings is 1. The fraction of sp³-hybridized carbons (Fsp3) is 0.278. The van der Waals surface area contributed by atoms with Gasteiger partial charge in [0.05, 0.1) is 0 Å². The van der Waals surface area contributed by atoms with Crippen LogP contribution in [0.25, 0.3) is 10.2 Å². The van der Waals surface area contributed by atoms with E-state index in [0.29, 0.717) is 16.8 Å². The number of anilines is 1. The molecule has 8 heteroatoms. The summed E-state index contributed by atoms with van der Waals surface area (Å²) < 4.78 is 5.60. The van der Waals surface area contributed by atoms with E-state index in [1.807, 2.05) is 23.6 Å². The van der Waals surface area contributed by atoms with E-state index >= 15 is 0 Å². The second-order valence-corrected chi connectivity index (χ2v) is 10.5. The van der Waals surface area contributed by atoms with Crippen molar-refractivity contribution in [3.63, 3.8) is 0 Å². The Morgan fingerprint density at radius 1 is 1.38 bits per heavy atom. The molecule has 0 spiro atoms. The van der Waals surface area contributed by atoms with Crippen LogP contribution in [0.3, 0.4) is 0 Å². The molecule has 134 valence electrons. The fourth-order valence-electron chi connectivity index (χ4n) is 3.00. The first-order valence-electron chi connectivity index (χ1n) is 8.13. The number of hydrogen-bond acceptors (Lipinski definition) is 5. The molecule has 3 heterocycles. The zero-order valence-electron chi connectivity index (χ0n) is 13.8. The Bertz CT molecular complexity index is 1070. The van der Waals surface area contributed by atoms with Crippen molar-refractivity contribution in [1.82, 2.24) is 9.55 Å². The number of aromatic nitrogens is 2. The van der Waals surface area contributed by atoms with Crippen LogP contribution in [0.15, 0.2) is 38.9 Å². The first-order valence-corrected chi connectivity index (χ1v) is 12.9.